The Morgan fingerprint density at radius 1 is 1.33 bits per heavy atom. The molecular formula is C12H14ClN3OS. The first kappa shape index (κ1) is 13.4. The van der Waals surface area contributed by atoms with E-state index in [4.69, 9.17) is 21.8 Å². The number of rotatable bonds is 6. The van der Waals surface area contributed by atoms with Crippen molar-refractivity contribution in [3.05, 3.63) is 40.7 Å². The van der Waals surface area contributed by atoms with Crippen LogP contribution in [0.1, 0.15) is 17.9 Å². The molecule has 6 heteroatoms. The molecule has 18 heavy (non-hydrogen) atoms. The second-order valence-corrected chi connectivity index (χ2v) is 5.14. The second kappa shape index (κ2) is 6.78. The van der Waals surface area contributed by atoms with Gasteiger partial charge in [-0.05, 0) is 30.7 Å². The lowest BCUT2D eigenvalue weighted by atomic mass is 10.2. The predicted molar refractivity (Wildman–Crippen MR) is 72.7 cm³/mol. The van der Waals surface area contributed by atoms with Gasteiger partial charge in [0, 0.05) is 17.2 Å². The highest BCUT2D eigenvalue weighted by atomic mass is 35.5. The zero-order valence-electron chi connectivity index (χ0n) is 9.80. The number of halogens is 1. The van der Waals surface area contributed by atoms with E-state index in [9.17, 15) is 0 Å². The molecular weight excluding hydrogens is 270 g/mol. The summed E-state index contributed by atoms with van der Waals surface area (Å²) in [5, 5.41) is 9.27. The number of hydrogen-bond acceptors (Lipinski definition) is 5. The van der Waals surface area contributed by atoms with Crippen LogP contribution in [0.15, 0.2) is 33.9 Å². The van der Waals surface area contributed by atoms with Gasteiger partial charge in [0.1, 0.15) is 0 Å². The average molecular weight is 284 g/mol. The van der Waals surface area contributed by atoms with Crippen molar-refractivity contribution in [2.45, 2.75) is 23.8 Å². The molecule has 4 nitrogen and oxygen atoms in total. The van der Waals surface area contributed by atoms with Crippen molar-refractivity contribution in [3.8, 4) is 0 Å². The molecule has 0 spiro atoms. The molecule has 96 valence electrons. The molecule has 0 saturated heterocycles. The lowest BCUT2D eigenvalue weighted by Gasteiger charge is -1.98. The van der Waals surface area contributed by atoms with Crippen LogP contribution in [0.4, 0.5) is 0 Å². The first-order valence-corrected chi connectivity index (χ1v) is 7.04. The highest BCUT2D eigenvalue weighted by Crippen LogP contribution is 2.23. The van der Waals surface area contributed by atoms with Crippen molar-refractivity contribution in [2.24, 2.45) is 5.73 Å². The number of nitrogens with two attached hydrogens (primary N) is 1. The summed E-state index contributed by atoms with van der Waals surface area (Å²) in [6, 6.07) is 7.73. The van der Waals surface area contributed by atoms with Crippen LogP contribution in [0, 0.1) is 0 Å². The SMILES string of the molecule is NCCCc1nnc(SCc2cccc(Cl)c2)o1. The highest BCUT2D eigenvalue weighted by Gasteiger charge is 2.06. The van der Waals surface area contributed by atoms with Gasteiger partial charge in [-0.25, -0.2) is 0 Å². The molecule has 0 unspecified atom stereocenters. The first-order valence-electron chi connectivity index (χ1n) is 5.67. The monoisotopic (exact) mass is 283 g/mol. The quantitative estimate of drug-likeness (QED) is 0.826. The van der Waals surface area contributed by atoms with Crippen LogP contribution in [-0.4, -0.2) is 16.7 Å². The standard InChI is InChI=1S/C12H14ClN3OS/c13-10-4-1-3-9(7-10)8-18-12-16-15-11(17-12)5-2-6-14/h1,3-4,7H,2,5-6,8,14H2. The van der Waals surface area contributed by atoms with Gasteiger partial charge in [0.2, 0.25) is 5.89 Å². The minimum atomic E-state index is 0.585. The summed E-state index contributed by atoms with van der Waals surface area (Å²) in [6.45, 7) is 0.632. The van der Waals surface area contributed by atoms with Crippen molar-refractivity contribution >= 4 is 23.4 Å². The lowest BCUT2D eigenvalue weighted by molar-refractivity contribution is 0.410. The number of benzene rings is 1. The number of hydrogen-bond donors (Lipinski definition) is 1. The second-order valence-electron chi connectivity index (χ2n) is 3.77. The molecule has 1 aromatic heterocycles. The molecule has 0 atom stereocenters. The van der Waals surface area contributed by atoms with E-state index in [1.807, 2.05) is 24.3 Å². The summed E-state index contributed by atoms with van der Waals surface area (Å²) < 4.78 is 5.49. The highest BCUT2D eigenvalue weighted by molar-refractivity contribution is 7.98. The summed E-state index contributed by atoms with van der Waals surface area (Å²) in [6.07, 6.45) is 1.60. The molecule has 0 aliphatic heterocycles. The Bertz CT molecular complexity index is 504. The minimum absolute atomic E-state index is 0.585. The van der Waals surface area contributed by atoms with E-state index in [1.165, 1.54) is 11.8 Å². The van der Waals surface area contributed by atoms with Gasteiger partial charge < -0.3 is 10.2 Å². The maximum absolute atomic E-state index is 5.92. The summed E-state index contributed by atoms with van der Waals surface area (Å²) in [7, 11) is 0. The third-order valence-electron chi connectivity index (χ3n) is 2.29. The summed E-state index contributed by atoms with van der Waals surface area (Å²) in [5.41, 5.74) is 6.56. The van der Waals surface area contributed by atoms with Crippen molar-refractivity contribution in [1.82, 2.24) is 10.2 Å². The fourth-order valence-corrected chi connectivity index (χ4v) is 2.36. The normalized spacial score (nSPS) is 10.8. The third-order valence-corrected chi connectivity index (χ3v) is 3.42. The van der Waals surface area contributed by atoms with Gasteiger partial charge in [-0.1, -0.05) is 35.5 Å². The van der Waals surface area contributed by atoms with E-state index in [-0.39, 0.29) is 0 Å². The molecule has 0 amide bonds. The minimum Gasteiger partial charge on any atom is -0.416 e. The van der Waals surface area contributed by atoms with Crippen LogP contribution in [0.2, 0.25) is 5.02 Å². The lowest BCUT2D eigenvalue weighted by Crippen LogP contribution is -2.00. The van der Waals surface area contributed by atoms with Gasteiger partial charge in [0.15, 0.2) is 0 Å². The average Bonchev–Trinajstić information content (AvgIpc) is 2.82. The molecule has 0 radical (unpaired) electrons. The van der Waals surface area contributed by atoms with Crippen LogP contribution in [0.3, 0.4) is 0 Å². The third kappa shape index (κ3) is 4.01. The summed E-state index contributed by atoms with van der Waals surface area (Å²) in [4.78, 5) is 0. The number of aromatic nitrogens is 2. The van der Waals surface area contributed by atoms with Gasteiger partial charge in [-0.2, -0.15) is 0 Å². The molecule has 2 N–H and O–H groups in total. The van der Waals surface area contributed by atoms with E-state index in [1.54, 1.807) is 0 Å². The van der Waals surface area contributed by atoms with Gasteiger partial charge in [-0.3, -0.25) is 0 Å². The maximum Gasteiger partial charge on any atom is 0.276 e. The Morgan fingerprint density at radius 2 is 2.22 bits per heavy atom. The number of aryl methyl sites for hydroxylation is 1. The van der Waals surface area contributed by atoms with Crippen molar-refractivity contribution in [1.29, 1.82) is 0 Å². The van der Waals surface area contributed by atoms with E-state index in [0.29, 0.717) is 17.7 Å². The molecule has 0 aliphatic rings. The summed E-state index contributed by atoms with van der Waals surface area (Å²) >= 11 is 7.42. The molecule has 0 bridgehead atoms. The Balaban J connectivity index is 1.88. The van der Waals surface area contributed by atoms with E-state index < -0.39 is 0 Å². The van der Waals surface area contributed by atoms with Gasteiger partial charge in [0.05, 0.1) is 0 Å². The summed E-state index contributed by atoms with van der Waals surface area (Å²) in [5.74, 6) is 1.41. The predicted octanol–water partition coefficient (Wildman–Crippen LogP) is 2.91. The Morgan fingerprint density at radius 3 is 3.00 bits per heavy atom. The largest absolute Gasteiger partial charge is 0.416 e. The van der Waals surface area contributed by atoms with Crippen LogP contribution in [-0.2, 0) is 12.2 Å². The molecule has 0 saturated carbocycles. The molecule has 0 fully saturated rings. The molecule has 1 aromatic carbocycles. The maximum atomic E-state index is 5.92. The number of thioether (sulfide) groups is 1. The Kier molecular flexibility index (Phi) is 5.04. The van der Waals surface area contributed by atoms with Crippen molar-refractivity contribution < 1.29 is 4.42 Å². The van der Waals surface area contributed by atoms with Crippen molar-refractivity contribution in [2.75, 3.05) is 6.54 Å². The van der Waals surface area contributed by atoms with Gasteiger partial charge >= 0.3 is 0 Å². The van der Waals surface area contributed by atoms with Crippen LogP contribution < -0.4 is 5.73 Å². The molecule has 0 aliphatic carbocycles. The Hall–Kier alpha value is -1.04. The zero-order chi connectivity index (χ0) is 12.8. The van der Waals surface area contributed by atoms with E-state index in [0.717, 1.165) is 29.2 Å². The molecule has 2 rings (SSSR count). The van der Waals surface area contributed by atoms with Crippen molar-refractivity contribution in [3.63, 3.8) is 0 Å². The topological polar surface area (TPSA) is 64.9 Å². The van der Waals surface area contributed by atoms with Crippen LogP contribution in [0.5, 0.6) is 0 Å². The van der Waals surface area contributed by atoms with Crippen LogP contribution in [0.25, 0.3) is 0 Å². The smallest absolute Gasteiger partial charge is 0.276 e. The van der Waals surface area contributed by atoms with E-state index in [2.05, 4.69) is 10.2 Å². The zero-order valence-corrected chi connectivity index (χ0v) is 11.4. The first-order chi connectivity index (χ1) is 8.78. The fraction of sp³-hybridized carbons (Fsp3) is 0.333. The molecule has 2 aromatic rings. The van der Waals surface area contributed by atoms with Gasteiger partial charge in [0.25, 0.3) is 5.22 Å². The van der Waals surface area contributed by atoms with Gasteiger partial charge in [-0.15, -0.1) is 10.2 Å². The fourth-order valence-electron chi connectivity index (χ4n) is 1.42. The molecule has 1 heterocycles. The number of nitrogens with zero attached hydrogens (tertiary/aromatic N) is 2. The Labute approximate surface area is 115 Å². The van der Waals surface area contributed by atoms with Crippen LogP contribution >= 0.6 is 23.4 Å². The van der Waals surface area contributed by atoms with E-state index >= 15 is 0 Å².